The molecule has 0 unspecified atom stereocenters. The van der Waals surface area contributed by atoms with Crippen molar-refractivity contribution in [2.24, 2.45) is 0 Å². The molecule has 0 spiro atoms. The van der Waals surface area contributed by atoms with Crippen LogP contribution in [0.25, 0.3) is 0 Å². The van der Waals surface area contributed by atoms with Gasteiger partial charge in [0.05, 0.1) is 12.3 Å². The van der Waals surface area contributed by atoms with Crippen LogP contribution in [0.1, 0.15) is 35.1 Å². The molecule has 1 saturated heterocycles. The number of aromatic carboxylic acids is 1. The van der Waals surface area contributed by atoms with E-state index in [0.717, 1.165) is 24.2 Å². The molecule has 0 radical (unpaired) electrons. The van der Waals surface area contributed by atoms with Gasteiger partial charge in [-0.25, -0.2) is 14.6 Å². The Balaban J connectivity index is 1.87. The molecule has 1 aromatic heterocycles. The first-order chi connectivity index (χ1) is 10.0. The molecule has 1 aromatic rings. The number of hydrogen-bond donors (Lipinski definition) is 2. The molecular weight excluding hydrogens is 294 g/mol. The summed E-state index contributed by atoms with van der Waals surface area (Å²) < 4.78 is 4.97. The molecule has 0 aromatic carbocycles. The van der Waals surface area contributed by atoms with Crippen LogP contribution in [0.2, 0.25) is 0 Å². The van der Waals surface area contributed by atoms with E-state index < -0.39 is 5.97 Å². The Kier molecular flexibility index (Phi) is 5.00. The third-order valence-corrected chi connectivity index (χ3v) is 4.42. The Morgan fingerprint density at radius 2 is 2.14 bits per heavy atom. The normalized spacial score (nSPS) is 15.8. The number of anilines is 1. The predicted molar refractivity (Wildman–Crippen MR) is 79.1 cm³/mol. The molecule has 0 saturated carbocycles. The highest BCUT2D eigenvalue weighted by Crippen LogP contribution is 2.25. The zero-order valence-electron chi connectivity index (χ0n) is 12.1. The zero-order valence-corrected chi connectivity index (χ0v) is 12.9. The van der Waals surface area contributed by atoms with Crippen LogP contribution < -0.4 is 5.32 Å². The molecule has 2 N–H and O–H groups in total. The van der Waals surface area contributed by atoms with Crippen molar-refractivity contribution in [3.8, 4) is 0 Å². The number of nitrogens with zero attached hydrogens (tertiary/aromatic N) is 2. The number of piperidine rings is 1. The third-order valence-electron chi connectivity index (χ3n) is 3.34. The second-order valence-electron chi connectivity index (χ2n) is 4.84. The number of rotatable bonds is 4. The van der Waals surface area contributed by atoms with Crippen LogP contribution in [-0.4, -0.2) is 52.8 Å². The summed E-state index contributed by atoms with van der Waals surface area (Å²) >= 11 is 1.15. The van der Waals surface area contributed by atoms with E-state index in [0.29, 0.717) is 30.5 Å². The number of hydrogen-bond acceptors (Lipinski definition) is 6. The maximum atomic E-state index is 11.6. The average molecular weight is 313 g/mol. The summed E-state index contributed by atoms with van der Waals surface area (Å²) in [5.41, 5.74) is 0.527. The Morgan fingerprint density at radius 3 is 2.67 bits per heavy atom. The predicted octanol–water partition coefficient (Wildman–Crippen LogP) is 2.18. The van der Waals surface area contributed by atoms with Crippen molar-refractivity contribution in [3.05, 3.63) is 10.6 Å². The quantitative estimate of drug-likeness (QED) is 0.885. The van der Waals surface area contributed by atoms with Gasteiger partial charge in [0.1, 0.15) is 4.88 Å². The van der Waals surface area contributed by atoms with E-state index >= 15 is 0 Å². The van der Waals surface area contributed by atoms with E-state index in [2.05, 4.69) is 10.3 Å². The molecule has 2 rings (SSSR count). The number of aryl methyl sites for hydroxylation is 1. The summed E-state index contributed by atoms with van der Waals surface area (Å²) in [6.07, 6.45) is 1.31. The van der Waals surface area contributed by atoms with Crippen molar-refractivity contribution in [1.82, 2.24) is 9.88 Å². The minimum Gasteiger partial charge on any atom is -0.477 e. The van der Waals surface area contributed by atoms with Crippen LogP contribution in [0.15, 0.2) is 0 Å². The number of likely N-dealkylation sites (tertiary alicyclic amines) is 1. The highest BCUT2D eigenvalue weighted by molar-refractivity contribution is 7.17. The van der Waals surface area contributed by atoms with E-state index in [9.17, 15) is 9.59 Å². The van der Waals surface area contributed by atoms with Gasteiger partial charge in [0, 0.05) is 19.1 Å². The van der Waals surface area contributed by atoms with Gasteiger partial charge in [-0.2, -0.15) is 0 Å². The molecule has 2 heterocycles. The molecule has 1 aliphatic rings. The molecule has 1 amide bonds. The first-order valence-corrected chi connectivity index (χ1v) is 7.71. The molecule has 8 heteroatoms. The van der Waals surface area contributed by atoms with E-state index in [1.54, 1.807) is 18.7 Å². The maximum Gasteiger partial charge on any atom is 0.409 e. The number of ether oxygens (including phenoxy) is 1. The number of nitrogens with one attached hydrogen (secondary N) is 1. The summed E-state index contributed by atoms with van der Waals surface area (Å²) in [4.78, 5) is 28.8. The second kappa shape index (κ2) is 6.75. The molecule has 1 fully saturated rings. The van der Waals surface area contributed by atoms with Crippen LogP contribution in [0.5, 0.6) is 0 Å². The van der Waals surface area contributed by atoms with E-state index in [-0.39, 0.29) is 17.0 Å². The Morgan fingerprint density at radius 1 is 1.48 bits per heavy atom. The fraction of sp³-hybridized carbons (Fsp3) is 0.615. The number of aromatic nitrogens is 1. The van der Waals surface area contributed by atoms with Gasteiger partial charge >= 0.3 is 12.1 Å². The minimum atomic E-state index is -0.949. The maximum absolute atomic E-state index is 11.6. The Hall–Kier alpha value is -1.83. The summed E-state index contributed by atoms with van der Waals surface area (Å²) in [5.74, 6) is -0.949. The molecule has 116 valence electrons. The van der Waals surface area contributed by atoms with Gasteiger partial charge in [-0.3, -0.25) is 0 Å². The van der Waals surface area contributed by atoms with Gasteiger partial charge in [0.15, 0.2) is 5.13 Å². The van der Waals surface area contributed by atoms with Gasteiger partial charge in [-0.05, 0) is 26.7 Å². The minimum absolute atomic E-state index is 0.197. The van der Waals surface area contributed by atoms with E-state index in [1.165, 1.54) is 0 Å². The molecule has 21 heavy (non-hydrogen) atoms. The van der Waals surface area contributed by atoms with Gasteiger partial charge in [0.25, 0.3) is 0 Å². The lowest BCUT2D eigenvalue weighted by molar-refractivity contribution is 0.0701. The fourth-order valence-electron chi connectivity index (χ4n) is 2.25. The second-order valence-corrected chi connectivity index (χ2v) is 5.84. The third kappa shape index (κ3) is 3.84. The van der Waals surface area contributed by atoms with Crippen LogP contribution >= 0.6 is 11.3 Å². The topological polar surface area (TPSA) is 91.8 Å². The van der Waals surface area contributed by atoms with Crippen molar-refractivity contribution >= 4 is 28.5 Å². The lowest BCUT2D eigenvalue weighted by Gasteiger charge is -2.31. The molecule has 1 aliphatic heterocycles. The first-order valence-electron chi connectivity index (χ1n) is 6.90. The highest BCUT2D eigenvalue weighted by atomic mass is 32.1. The van der Waals surface area contributed by atoms with Gasteiger partial charge < -0.3 is 20.1 Å². The molecule has 0 bridgehead atoms. The van der Waals surface area contributed by atoms with E-state index in [1.807, 2.05) is 0 Å². The number of carbonyl (C=O) groups excluding carboxylic acids is 1. The zero-order chi connectivity index (χ0) is 15.4. The van der Waals surface area contributed by atoms with Crippen molar-refractivity contribution in [3.63, 3.8) is 0 Å². The Bertz CT molecular complexity index is 523. The van der Waals surface area contributed by atoms with Crippen LogP contribution in [-0.2, 0) is 4.74 Å². The van der Waals surface area contributed by atoms with Crippen LogP contribution in [0.3, 0.4) is 0 Å². The van der Waals surface area contributed by atoms with Crippen molar-refractivity contribution < 1.29 is 19.4 Å². The fourth-order valence-corrected chi connectivity index (χ4v) is 3.13. The average Bonchev–Trinajstić information content (AvgIpc) is 2.81. The first kappa shape index (κ1) is 15.6. The summed E-state index contributed by atoms with van der Waals surface area (Å²) in [5, 5.41) is 12.9. The molecule has 0 aliphatic carbocycles. The van der Waals surface area contributed by atoms with Crippen molar-refractivity contribution in [2.45, 2.75) is 32.7 Å². The summed E-state index contributed by atoms with van der Waals surface area (Å²) in [6, 6.07) is 0.197. The highest BCUT2D eigenvalue weighted by Gasteiger charge is 2.24. The SMILES string of the molecule is CCOC(=O)N1CCC(Nc2nc(C)c(C(=O)O)s2)CC1. The number of carboxylic acids is 1. The number of carbonyl (C=O) groups is 2. The van der Waals surface area contributed by atoms with Gasteiger partial charge in [-0.15, -0.1) is 0 Å². The monoisotopic (exact) mass is 313 g/mol. The Labute approximate surface area is 126 Å². The van der Waals surface area contributed by atoms with Crippen molar-refractivity contribution in [1.29, 1.82) is 0 Å². The van der Waals surface area contributed by atoms with Crippen molar-refractivity contribution in [2.75, 3.05) is 25.0 Å². The lowest BCUT2D eigenvalue weighted by atomic mass is 10.1. The lowest BCUT2D eigenvalue weighted by Crippen LogP contribution is -2.42. The smallest absolute Gasteiger partial charge is 0.409 e. The van der Waals surface area contributed by atoms with Gasteiger partial charge in [-0.1, -0.05) is 11.3 Å². The van der Waals surface area contributed by atoms with Gasteiger partial charge in [0.2, 0.25) is 0 Å². The largest absolute Gasteiger partial charge is 0.477 e. The van der Waals surface area contributed by atoms with Crippen LogP contribution in [0, 0.1) is 6.92 Å². The van der Waals surface area contributed by atoms with Crippen LogP contribution in [0.4, 0.5) is 9.93 Å². The molecule has 7 nitrogen and oxygen atoms in total. The number of thiazole rings is 1. The molecule has 0 atom stereocenters. The van der Waals surface area contributed by atoms with E-state index in [4.69, 9.17) is 9.84 Å². The number of amides is 1. The summed E-state index contributed by atoms with van der Waals surface area (Å²) in [7, 11) is 0. The molecular formula is C13H19N3O4S. The number of carboxylic acid groups (broad SMARTS) is 1. The summed E-state index contributed by atoms with van der Waals surface area (Å²) in [6.45, 7) is 5.12. The standard InChI is InChI=1S/C13H19N3O4S/c1-3-20-13(19)16-6-4-9(5-7-16)15-12-14-8(2)10(21-12)11(17)18/h9H,3-7H2,1-2H3,(H,14,15)(H,17,18).